The molecule has 4 rings (SSSR count). The fraction of sp³-hybridized carbons (Fsp3) is 0.381. The monoisotopic (exact) mass is 422 g/mol. The van der Waals surface area contributed by atoms with Gasteiger partial charge in [0.05, 0.1) is 6.20 Å². The summed E-state index contributed by atoms with van der Waals surface area (Å²) in [6.45, 7) is 3.98. The van der Waals surface area contributed by atoms with Gasteiger partial charge in [-0.1, -0.05) is 12.1 Å². The highest BCUT2D eigenvalue weighted by atomic mass is 16.4. The third-order valence-corrected chi connectivity index (χ3v) is 5.20. The standard InChI is InChI=1S/C21H26N8O2/c1-3-24-19(30)15-5-4-10-29(15)16-12-25-18(22)17(26-16)21-28-27-20(31-21)14-8-6-13(7-9-14)11-23-2/h6-9,12,15,23H,3-5,10-11H2,1-2H3,(H2,22,25)(H,24,30)/t15-/m1/s1. The quantitative estimate of drug-likeness (QED) is 0.519. The van der Waals surface area contributed by atoms with Crippen LogP contribution in [0.2, 0.25) is 0 Å². The van der Waals surface area contributed by atoms with Crippen LogP contribution in [-0.4, -0.2) is 52.3 Å². The normalized spacial score (nSPS) is 15.9. The highest BCUT2D eigenvalue weighted by Gasteiger charge is 2.32. The van der Waals surface area contributed by atoms with Gasteiger partial charge in [-0.2, -0.15) is 0 Å². The van der Waals surface area contributed by atoms with Gasteiger partial charge in [0.25, 0.3) is 5.89 Å². The predicted molar refractivity (Wildman–Crippen MR) is 117 cm³/mol. The van der Waals surface area contributed by atoms with E-state index in [9.17, 15) is 4.79 Å². The lowest BCUT2D eigenvalue weighted by atomic mass is 10.1. The second kappa shape index (κ2) is 9.09. The van der Waals surface area contributed by atoms with Crippen LogP contribution >= 0.6 is 0 Å². The van der Waals surface area contributed by atoms with E-state index >= 15 is 0 Å². The number of carbonyl (C=O) groups is 1. The first-order valence-electron chi connectivity index (χ1n) is 10.4. The molecule has 1 aromatic carbocycles. The van der Waals surface area contributed by atoms with E-state index in [0.717, 1.165) is 30.5 Å². The highest BCUT2D eigenvalue weighted by Crippen LogP contribution is 2.30. The first kappa shape index (κ1) is 20.7. The van der Waals surface area contributed by atoms with Gasteiger partial charge in [0, 0.05) is 25.2 Å². The van der Waals surface area contributed by atoms with Gasteiger partial charge in [-0.05, 0) is 44.5 Å². The Hall–Kier alpha value is -3.53. The molecular formula is C21H26N8O2. The number of aromatic nitrogens is 4. The topological polar surface area (TPSA) is 135 Å². The van der Waals surface area contributed by atoms with Gasteiger partial charge in [0.15, 0.2) is 11.5 Å². The molecule has 31 heavy (non-hydrogen) atoms. The summed E-state index contributed by atoms with van der Waals surface area (Å²) in [5.41, 5.74) is 8.32. The van der Waals surface area contributed by atoms with E-state index in [4.69, 9.17) is 10.2 Å². The van der Waals surface area contributed by atoms with Crippen LogP contribution in [0.4, 0.5) is 11.6 Å². The Bertz CT molecular complexity index is 1050. The summed E-state index contributed by atoms with van der Waals surface area (Å²) in [4.78, 5) is 23.2. The molecule has 1 saturated heterocycles. The predicted octanol–water partition coefficient (Wildman–Crippen LogP) is 1.60. The number of amides is 1. The lowest BCUT2D eigenvalue weighted by Crippen LogP contribution is -2.43. The molecular weight excluding hydrogens is 396 g/mol. The minimum absolute atomic E-state index is 0.0121. The number of hydrogen-bond donors (Lipinski definition) is 3. The molecule has 0 unspecified atom stereocenters. The van der Waals surface area contributed by atoms with Gasteiger partial charge < -0.3 is 25.7 Å². The van der Waals surface area contributed by atoms with Crippen molar-refractivity contribution in [2.24, 2.45) is 0 Å². The van der Waals surface area contributed by atoms with Gasteiger partial charge in [-0.25, -0.2) is 9.97 Å². The van der Waals surface area contributed by atoms with E-state index < -0.39 is 0 Å². The molecule has 0 spiro atoms. The Morgan fingerprint density at radius 1 is 1.26 bits per heavy atom. The molecule has 0 bridgehead atoms. The van der Waals surface area contributed by atoms with Crippen molar-refractivity contribution < 1.29 is 9.21 Å². The van der Waals surface area contributed by atoms with Crippen LogP contribution in [-0.2, 0) is 11.3 Å². The summed E-state index contributed by atoms with van der Waals surface area (Å²) in [6.07, 6.45) is 3.24. The van der Waals surface area contributed by atoms with E-state index in [1.807, 2.05) is 43.1 Å². The summed E-state index contributed by atoms with van der Waals surface area (Å²) in [5, 5.41) is 14.3. The summed E-state index contributed by atoms with van der Waals surface area (Å²) in [6, 6.07) is 7.58. The number of anilines is 2. The minimum atomic E-state index is -0.278. The highest BCUT2D eigenvalue weighted by molar-refractivity contribution is 5.85. The number of nitrogens with one attached hydrogen (secondary N) is 2. The molecule has 0 aliphatic carbocycles. The van der Waals surface area contributed by atoms with Crippen molar-refractivity contribution in [3.8, 4) is 23.0 Å². The SMILES string of the molecule is CCNC(=O)[C@H]1CCCN1c1cnc(N)c(-c2nnc(-c3ccc(CNC)cc3)o2)n1. The maximum Gasteiger partial charge on any atom is 0.270 e. The van der Waals surface area contributed by atoms with Crippen LogP contribution in [0.15, 0.2) is 34.9 Å². The fourth-order valence-electron chi connectivity index (χ4n) is 3.70. The van der Waals surface area contributed by atoms with E-state index in [0.29, 0.717) is 30.5 Å². The number of nitrogens with zero attached hydrogens (tertiary/aromatic N) is 5. The largest absolute Gasteiger partial charge is 0.414 e. The summed E-state index contributed by atoms with van der Waals surface area (Å²) in [5.74, 6) is 1.31. The molecule has 0 saturated carbocycles. The van der Waals surface area contributed by atoms with Crippen LogP contribution in [0.1, 0.15) is 25.3 Å². The third-order valence-electron chi connectivity index (χ3n) is 5.20. The molecule has 4 N–H and O–H groups in total. The Balaban J connectivity index is 1.60. The third kappa shape index (κ3) is 4.33. The smallest absolute Gasteiger partial charge is 0.270 e. The van der Waals surface area contributed by atoms with Crippen molar-refractivity contribution in [3.05, 3.63) is 36.0 Å². The van der Waals surface area contributed by atoms with Crippen LogP contribution in [0.25, 0.3) is 23.0 Å². The fourth-order valence-corrected chi connectivity index (χ4v) is 3.70. The molecule has 162 valence electrons. The summed E-state index contributed by atoms with van der Waals surface area (Å²) >= 11 is 0. The zero-order chi connectivity index (χ0) is 21.8. The van der Waals surface area contributed by atoms with Gasteiger partial charge in [0.1, 0.15) is 11.9 Å². The summed E-state index contributed by atoms with van der Waals surface area (Å²) < 4.78 is 5.85. The second-order valence-corrected chi connectivity index (χ2v) is 7.35. The minimum Gasteiger partial charge on any atom is -0.414 e. The lowest BCUT2D eigenvalue weighted by Gasteiger charge is -2.24. The number of nitrogens with two attached hydrogens (primary N) is 1. The van der Waals surface area contributed by atoms with Crippen molar-refractivity contribution >= 4 is 17.5 Å². The van der Waals surface area contributed by atoms with Gasteiger partial charge in [-0.15, -0.1) is 10.2 Å². The molecule has 1 fully saturated rings. The van der Waals surface area contributed by atoms with Crippen molar-refractivity contribution in [1.82, 2.24) is 30.8 Å². The molecule has 1 atom stereocenters. The Morgan fingerprint density at radius 2 is 2.03 bits per heavy atom. The number of hydrogen-bond acceptors (Lipinski definition) is 9. The first-order chi connectivity index (χ1) is 15.1. The Labute approximate surface area is 180 Å². The van der Waals surface area contributed by atoms with Crippen molar-refractivity contribution in [1.29, 1.82) is 0 Å². The number of likely N-dealkylation sites (N-methyl/N-ethyl adjacent to an activating group) is 1. The molecule has 0 radical (unpaired) electrons. The number of benzene rings is 1. The maximum atomic E-state index is 12.4. The maximum absolute atomic E-state index is 12.4. The molecule has 1 aliphatic heterocycles. The van der Waals surface area contributed by atoms with E-state index in [-0.39, 0.29) is 23.7 Å². The van der Waals surface area contributed by atoms with Crippen LogP contribution in [0, 0.1) is 0 Å². The number of carbonyl (C=O) groups excluding carboxylic acids is 1. The van der Waals surface area contributed by atoms with E-state index in [2.05, 4.69) is 30.8 Å². The van der Waals surface area contributed by atoms with Crippen molar-refractivity contribution in [3.63, 3.8) is 0 Å². The first-order valence-corrected chi connectivity index (χ1v) is 10.4. The zero-order valence-electron chi connectivity index (χ0n) is 17.6. The van der Waals surface area contributed by atoms with Crippen molar-refractivity contribution in [2.75, 3.05) is 30.8 Å². The van der Waals surface area contributed by atoms with Crippen molar-refractivity contribution in [2.45, 2.75) is 32.4 Å². The average Bonchev–Trinajstić information content (AvgIpc) is 3.45. The average molecular weight is 422 g/mol. The molecule has 10 nitrogen and oxygen atoms in total. The summed E-state index contributed by atoms with van der Waals surface area (Å²) in [7, 11) is 1.90. The van der Waals surface area contributed by atoms with Crippen LogP contribution in [0.3, 0.4) is 0 Å². The van der Waals surface area contributed by atoms with Crippen LogP contribution in [0.5, 0.6) is 0 Å². The Morgan fingerprint density at radius 3 is 2.77 bits per heavy atom. The zero-order valence-corrected chi connectivity index (χ0v) is 17.6. The van der Waals surface area contributed by atoms with Crippen LogP contribution < -0.4 is 21.3 Å². The molecule has 1 aliphatic rings. The van der Waals surface area contributed by atoms with Gasteiger partial charge >= 0.3 is 0 Å². The molecule has 1 amide bonds. The molecule has 2 aromatic heterocycles. The van der Waals surface area contributed by atoms with E-state index in [1.165, 1.54) is 0 Å². The molecule has 3 heterocycles. The molecule has 3 aromatic rings. The second-order valence-electron chi connectivity index (χ2n) is 7.35. The van der Waals surface area contributed by atoms with Gasteiger partial charge in [-0.3, -0.25) is 4.79 Å². The Kier molecular flexibility index (Phi) is 6.08. The van der Waals surface area contributed by atoms with E-state index in [1.54, 1.807) is 6.20 Å². The van der Waals surface area contributed by atoms with Gasteiger partial charge in [0.2, 0.25) is 11.8 Å². The number of rotatable bonds is 7. The molecule has 10 heteroatoms. The lowest BCUT2D eigenvalue weighted by molar-refractivity contribution is -0.122. The number of nitrogen functional groups attached to an aromatic ring is 1.